The summed E-state index contributed by atoms with van der Waals surface area (Å²) in [5.41, 5.74) is 13.7. The zero-order valence-corrected chi connectivity index (χ0v) is 11.3. The van der Waals surface area contributed by atoms with E-state index in [2.05, 4.69) is 13.0 Å². The maximum Gasteiger partial charge on any atom is 0.142 e. The Hall–Kier alpha value is -0.770. The third-order valence-electron chi connectivity index (χ3n) is 2.61. The lowest BCUT2D eigenvalue weighted by Gasteiger charge is -2.18. The largest absolute Gasteiger partial charge is 0.492 e. The molecule has 1 unspecified atom stereocenters. The van der Waals surface area contributed by atoms with Crippen molar-refractivity contribution in [1.29, 1.82) is 0 Å². The van der Waals surface area contributed by atoms with Crippen molar-refractivity contribution in [3.8, 4) is 5.75 Å². The quantitative estimate of drug-likeness (QED) is 0.823. The van der Waals surface area contributed by atoms with Crippen LogP contribution in [0, 0.1) is 0 Å². The van der Waals surface area contributed by atoms with E-state index in [4.69, 9.17) is 27.8 Å². The van der Waals surface area contributed by atoms with Gasteiger partial charge in [-0.25, -0.2) is 0 Å². The molecule has 4 heteroatoms. The van der Waals surface area contributed by atoms with Gasteiger partial charge in [0.2, 0.25) is 0 Å². The molecule has 0 aliphatic carbocycles. The Kier molecular flexibility index (Phi) is 5.75. The van der Waals surface area contributed by atoms with Crippen molar-refractivity contribution in [3.05, 3.63) is 28.3 Å². The maximum absolute atomic E-state index is 6.23. The van der Waals surface area contributed by atoms with Gasteiger partial charge in [-0.3, -0.25) is 0 Å². The fourth-order valence-electron chi connectivity index (χ4n) is 1.81. The minimum Gasteiger partial charge on any atom is -0.492 e. The van der Waals surface area contributed by atoms with Gasteiger partial charge in [-0.1, -0.05) is 31.0 Å². The molecule has 1 aromatic carbocycles. The molecule has 0 amide bonds. The van der Waals surface area contributed by atoms with Crippen molar-refractivity contribution < 1.29 is 4.74 Å². The molecule has 17 heavy (non-hydrogen) atoms. The highest BCUT2D eigenvalue weighted by Gasteiger charge is 2.15. The Balaban J connectivity index is 3.18. The number of rotatable bonds is 6. The van der Waals surface area contributed by atoms with Crippen LogP contribution in [0.25, 0.3) is 0 Å². The summed E-state index contributed by atoms with van der Waals surface area (Å²) in [6, 6.07) is 3.77. The first-order chi connectivity index (χ1) is 8.13. The van der Waals surface area contributed by atoms with Gasteiger partial charge < -0.3 is 16.2 Å². The van der Waals surface area contributed by atoms with Crippen molar-refractivity contribution >= 4 is 11.6 Å². The monoisotopic (exact) mass is 256 g/mol. The van der Waals surface area contributed by atoms with Gasteiger partial charge in [0.25, 0.3) is 0 Å². The molecule has 0 bridgehead atoms. The molecule has 0 heterocycles. The SMILES string of the molecule is CCCc1cc(Cl)c(OCC)c(C(N)CN)c1. The highest BCUT2D eigenvalue weighted by Crippen LogP contribution is 2.33. The van der Waals surface area contributed by atoms with Crippen molar-refractivity contribution in [2.45, 2.75) is 32.7 Å². The van der Waals surface area contributed by atoms with Gasteiger partial charge in [-0.15, -0.1) is 0 Å². The van der Waals surface area contributed by atoms with Gasteiger partial charge in [0.1, 0.15) is 5.75 Å². The Bertz CT molecular complexity index is 369. The van der Waals surface area contributed by atoms with Gasteiger partial charge in [0.15, 0.2) is 0 Å². The molecule has 0 radical (unpaired) electrons. The standard InChI is InChI=1S/C13H21ClN2O/c1-3-5-9-6-10(12(16)8-15)13(17-4-2)11(14)7-9/h6-7,12H,3-5,8,15-16H2,1-2H3. The molecule has 0 spiro atoms. The van der Waals surface area contributed by atoms with E-state index in [1.165, 1.54) is 5.56 Å². The topological polar surface area (TPSA) is 61.3 Å². The summed E-state index contributed by atoms with van der Waals surface area (Å²) < 4.78 is 5.56. The number of hydrogen-bond acceptors (Lipinski definition) is 3. The molecule has 0 aromatic heterocycles. The summed E-state index contributed by atoms with van der Waals surface area (Å²) in [6.07, 6.45) is 2.05. The highest BCUT2D eigenvalue weighted by molar-refractivity contribution is 6.32. The first-order valence-corrected chi connectivity index (χ1v) is 6.42. The van der Waals surface area contributed by atoms with E-state index in [0.717, 1.165) is 18.4 Å². The lowest BCUT2D eigenvalue weighted by Crippen LogP contribution is -2.22. The summed E-state index contributed by atoms with van der Waals surface area (Å²) in [5.74, 6) is 0.673. The molecule has 96 valence electrons. The Morgan fingerprint density at radius 3 is 2.59 bits per heavy atom. The first-order valence-electron chi connectivity index (χ1n) is 6.04. The molecule has 0 fully saturated rings. The van der Waals surface area contributed by atoms with Crippen molar-refractivity contribution in [1.82, 2.24) is 0 Å². The molecule has 0 saturated heterocycles. The molecule has 1 rings (SSSR count). The number of hydrogen-bond donors (Lipinski definition) is 2. The van der Waals surface area contributed by atoms with Crippen LogP contribution >= 0.6 is 11.6 Å². The van der Waals surface area contributed by atoms with Crippen LogP contribution in [-0.2, 0) is 6.42 Å². The summed E-state index contributed by atoms with van der Waals surface area (Å²) in [4.78, 5) is 0. The van der Waals surface area contributed by atoms with Crippen LogP contribution in [0.2, 0.25) is 5.02 Å². The van der Waals surface area contributed by atoms with Crippen molar-refractivity contribution in [2.24, 2.45) is 11.5 Å². The zero-order valence-electron chi connectivity index (χ0n) is 10.5. The van der Waals surface area contributed by atoms with Gasteiger partial charge in [0, 0.05) is 18.2 Å². The number of ether oxygens (including phenoxy) is 1. The Morgan fingerprint density at radius 2 is 2.06 bits per heavy atom. The van der Waals surface area contributed by atoms with E-state index < -0.39 is 0 Å². The van der Waals surface area contributed by atoms with E-state index in [0.29, 0.717) is 23.9 Å². The van der Waals surface area contributed by atoms with E-state index in [9.17, 15) is 0 Å². The van der Waals surface area contributed by atoms with Gasteiger partial charge in [-0.05, 0) is 25.0 Å². The Labute approximate surface area is 108 Å². The average Bonchev–Trinajstić information content (AvgIpc) is 2.31. The minimum absolute atomic E-state index is 0.231. The van der Waals surface area contributed by atoms with Crippen molar-refractivity contribution in [2.75, 3.05) is 13.2 Å². The third-order valence-corrected chi connectivity index (χ3v) is 2.89. The molecular weight excluding hydrogens is 236 g/mol. The second-order valence-corrected chi connectivity index (χ2v) is 4.43. The van der Waals surface area contributed by atoms with Crippen LogP contribution in [0.3, 0.4) is 0 Å². The number of nitrogens with two attached hydrogens (primary N) is 2. The molecule has 0 aliphatic rings. The predicted octanol–water partition coefficient (Wildman–Crippen LogP) is 2.65. The minimum atomic E-state index is -0.231. The molecule has 1 atom stereocenters. The van der Waals surface area contributed by atoms with Gasteiger partial charge in [0.05, 0.1) is 11.6 Å². The van der Waals surface area contributed by atoms with Crippen LogP contribution in [0.4, 0.5) is 0 Å². The van der Waals surface area contributed by atoms with Gasteiger partial charge in [-0.2, -0.15) is 0 Å². The fourth-order valence-corrected chi connectivity index (χ4v) is 2.11. The summed E-state index contributed by atoms with van der Waals surface area (Å²) in [7, 11) is 0. The second-order valence-electron chi connectivity index (χ2n) is 4.02. The average molecular weight is 257 g/mol. The highest BCUT2D eigenvalue weighted by atomic mass is 35.5. The van der Waals surface area contributed by atoms with Crippen LogP contribution < -0.4 is 16.2 Å². The number of aryl methyl sites for hydroxylation is 1. The van der Waals surface area contributed by atoms with E-state index in [1.807, 2.05) is 13.0 Å². The normalized spacial score (nSPS) is 12.5. The van der Waals surface area contributed by atoms with Crippen LogP contribution in [-0.4, -0.2) is 13.2 Å². The molecule has 3 nitrogen and oxygen atoms in total. The lowest BCUT2D eigenvalue weighted by atomic mass is 10.0. The maximum atomic E-state index is 6.23. The number of halogens is 1. The van der Waals surface area contributed by atoms with Gasteiger partial charge >= 0.3 is 0 Å². The predicted molar refractivity (Wildman–Crippen MR) is 72.6 cm³/mol. The zero-order chi connectivity index (χ0) is 12.8. The fraction of sp³-hybridized carbons (Fsp3) is 0.538. The first kappa shape index (κ1) is 14.3. The molecule has 0 aliphatic heterocycles. The second kappa shape index (κ2) is 6.84. The Morgan fingerprint density at radius 1 is 1.35 bits per heavy atom. The van der Waals surface area contributed by atoms with E-state index >= 15 is 0 Å². The summed E-state index contributed by atoms with van der Waals surface area (Å²) in [5, 5.41) is 0.622. The van der Waals surface area contributed by atoms with Crippen LogP contribution in [0.5, 0.6) is 5.75 Å². The summed E-state index contributed by atoms with van der Waals surface area (Å²) >= 11 is 6.23. The lowest BCUT2D eigenvalue weighted by molar-refractivity contribution is 0.334. The number of benzene rings is 1. The third kappa shape index (κ3) is 3.60. The van der Waals surface area contributed by atoms with Crippen molar-refractivity contribution in [3.63, 3.8) is 0 Å². The summed E-state index contributed by atoms with van der Waals surface area (Å²) in [6.45, 7) is 5.00. The van der Waals surface area contributed by atoms with E-state index in [-0.39, 0.29) is 6.04 Å². The van der Waals surface area contributed by atoms with E-state index in [1.54, 1.807) is 0 Å². The smallest absolute Gasteiger partial charge is 0.142 e. The van der Waals surface area contributed by atoms with Crippen LogP contribution in [0.15, 0.2) is 12.1 Å². The molecule has 0 saturated carbocycles. The molecule has 4 N–H and O–H groups in total. The molecular formula is C13H21ClN2O. The molecule has 1 aromatic rings. The van der Waals surface area contributed by atoms with Crippen LogP contribution in [0.1, 0.15) is 37.4 Å².